The van der Waals surface area contributed by atoms with Crippen LogP contribution >= 0.6 is 0 Å². The van der Waals surface area contributed by atoms with Crippen LogP contribution in [0.5, 0.6) is 0 Å². The van der Waals surface area contributed by atoms with Gasteiger partial charge >= 0.3 is 0 Å². The van der Waals surface area contributed by atoms with Gasteiger partial charge in [0, 0.05) is 22.6 Å². The van der Waals surface area contributed by atoms with Crippen molar-refractivity contribution in [1.29, 1.82) is 0 Å². The molecule has 0 atom stereocenters. The van der Waals surface area contributed by atoms with E-state index in [1.807, 2.05) is 30.3 Å². The Hall–Kier alpha value is -1.68. The van der Waals surface area contributed by atoms with Crippen LogP contribution in [0, 0.1) is 0 Å². The van der Waals surface area contributed by atoms with Gasteiger partial charge in [0.05, 0.1) is 6.54 Å². The molecule has 0 aliphatic heterocycles. The normalized spacial score (nSPS) is 11.3. The Labute approximate surface area is 117 Å². The summed E-state index contributed by atoms with van der Waals surface area (Å²) in [4.78, 5) is 10.7. The number of hydrogen-bond acceptors (Lipinski definition) is 3. The van der Waals surface area contributed by atoms with Gasteiger partial charge in [-0.3, -0.25) is 10.1 Å². The van der Waals surface area contributed by atoms with E-state index < -0.39 is 5.91 Å². The maximum atomic E-state index is 10.7. The molecule has 18 heavy (non-hydrogen) atoms. The molecule has 1 aliphatic rings. The molecule has 0 fully saturated rings. The zero-order valence-electron chi connectivity index (χ0n) is 9.69. The molecule has 0 aromatic heterocycles. The number of nitrogens with two attached hydrogens (primary N) is 1. The number of hydrogen-bond donors (Lipinski definition) is 3. The Balaban J connectivity index is 0.000000405. The third kappa shape index (κ3) is 6.15. The van der Waals surface area contributed by atoms with Crippen LogP contribution in [-0.2, 0) is 21.9 Å². The molecule has 1 aromatic carbocycles. The summed E-state index contributed by atoms with van der Waals surface area (Å²) in [6.45, 7) is -0.134. The second-order valence-corrected chi connectivity index (χ2v) is 3.24. The molecular weight excluding hydrogens is 272 g/mol. The number of carbonyl (C=O) groups excluding carboxylic acids is 1. The Morgan fingerprint density at radius 1 is 1.28 bits per heavy atom. The molecule has 1 amide bonds. The molecule has 0 heterocycles. The molecule has 0 spiro atoms. The van der Waals surface area contributed by atoms with Gasteiger partial charge in [-0.15, -0.1) is 0 Å². The molecule has 5 heteroatoms. The van der Waals surface area contributed by atoms with Gasteiger partial charge in [-0.1, -0.05) is 12.2 Å². The summed E-state index contributed by atoms with van der Waals surface area (Å²) in [7, 11) is 0. The van der Waals surface area contributed by atoms with Crippen molar-refractivity contribution in [3.05, 3.63) is 66.1 Å². The van der Waals surface area contributed by atoms with Gasteiger partial charge in [0.25, 0.3) is 0 Å². The Morgan fingerprint density at radius 2 is 1.83 bits per heavy atom. The number of nitrogens with one attached hydrogen (secondary N) is 1. The van der Waals surface area contributed by atoms with Crippen molar-refractivity contribution in [2.75, 3.05) is 6.54 Å². The molecular formula is C13H15FeN2O2-. The predicted octanol–water partition coefficient (Wildman–Crippen LogP) is 1.36. The maximum Gasteiger partial charge on any atom is 0.240 e. The van der Waals surface area contributed by atoms with Crippen LogP contribution in [0.1, 0.15) is 0 Å². The minimum absolute atomic E-state index is 0. The first kappa shape index (κ1) is 16.3. The summed E-state index contributed by atoms with van der Waals surface area (Å²) in [5, 5.41) is 11.5. The molecule has 1 aromatic rings. The van der Waals surface area contributed by atoms with Crippen molar-refractivity contribution in [2.45, 2.75) is 0 Å². The summed E-state index contributed by atoms with van der Waals surface area (Å²) in [5.41, 5.74) is 5.62. The zero-order valence-corrected chi connectivity index (χ0v) is 10.8. The number of amides is 1. The Morgan fingerprint density at radius 3 is 2.22 bits per heavy atom. The average molecular weight is 287 g/mol. The van der Waals surface area contributed by atoms with E-state index in [1.54, 1.807) is 24.3 Å². The van der Waals surface area contributed by atoms with Gasteiger partial charge in [0.15, 0.2) is 5.88 Å². The predicted molar refractivity (Wildman–Crippen MR) is 67.2 cm³/mol. The maximum absolute atomic E-state index is 10.7. The van der Waals surface area contributed by atoms with Crippen LogP contribution < -0.4 is 11.1 Å². The van der Waals surface area contributed by atoms with Crippen molar-refractivity contribution >= 4 is 5.91 Å². The van der Waals surface area contributed by atoms with E-state index in [-0.39, 0.29) is 29.5 Å². The smallest absolute Gasteiger partial charge is 0.240 e. The molecule has 1 aliphatic carbocycles. The largest absolute Gasteiger partial charge is 0.494 e. The summed E-state index contributed by atoms with van der Waals surface area (Å²) in [5.74, 6) is -0.566. The fraction of sp³-hybridized carbons (Fsp3) is 0.0769. The van der Waals surface area contributed by atoms with E-state index in [4.69, 9.17) is 5.73 Å². The van der Waals surface area contributed by atoms with Crippen LogP contribution in [-0.4, -0.2) is 17.6 Å². The van der Waals surface area contributed by atoms with Gasteiger partial charge in [0.1, 0.15) is 0 Å². The SMILES string of the molecule is NCC(=O)NC(O)=C1C=CC=C1.[Fe].c1cc[cH-]c1. The Kier molecular flexibility index (Phi) is 8.49. The minimum Gasteiger partial charge on any atom is -0.494 e. The fourth-order valence-electron chi connectivity index (χ4n) is 1.11. The van der Waals surface area contributed by atoms with Crippen molar-refractivity contribution in [3.63, 3.8) is 0 Å². The molecule has 2 rings (SSSR count). The minimum atomic E-state index is -0.409. The summed E-state index contributed by atoms with van der Waals surface area (Å²) < 4.78 is 0. The van der Waals surface area contributed by atoms with Crippen molar-refractivity contribution in [1.82, 2.24) is 5.32 Å². The van der Waals surface area contributed by atoms with E-state index in [0.717, 1.165) is 0 Å². The quantitative estimate of drug-likeness (QED) is 0.437. The molecule has 0 radical (unpaired) electrons. The van der Waals surface area contributed by atoms with E-state index in [9.17, 15) is 9.90 Å². The molecule has 0 bridgehead atoms. The van der Waals surface area contributed by atoms with Gasteiger partial charge in [-0.25, -0.2) is 12.1 Å². The average Bonchev–Trinajstić information content (AvgIpc) is 3.04. The van der Waals surface area contributed by atoms with E-state index in [0.29, 0.717) is 5.57 Å². The number of carbonyl (C=O) groups is 1. The third-order valence-electron chi connectivity index (χ3n) is 1.93. The third-order valence-corrected chi connectivity index (χ3v) is 1.93. The number of allylic oxidation sites excluding steroid dienone is 5. The molecule has 0 saturated carbocycles. The van der Waals surface area contributed by atoms with Gasteiger partial charge in [0.2, 0.25) is 5.91 Å². The molecule has 4 N–H and O–H groups in total. The van der Waals surface area contributed by atoms with Crippen molar-refractivity contribution in [3.8, 4) is 0 Å². The second-order valence-electron chi connectivity index (χ2n) is 3.24. The van der Waals surface area contributed by atoms with E-state index in [1.165, 1.54) is 0 Å². The second kappa shape index (κ2) is 9.36. The number of rotatable bonds is 2. The van der Waals surface area contributed by atoms with Crippen LogP contribution in [0.25, 0.3) is 0 Å². The number of aliphatic hydroxyl groups excluding tert-OH is 1. The summed E-state index contributed by atoms with van der Waals surface area (Å²) >= 11 is 0. The van der Waals surface area contributed by atoms with Crippen LogP contribution in [0.3, 0.4) is 0 Å². The monoisotopic (exact) mass is 287 g/mol. The fourth-order valence-corrected chi connectivity index (χ4v) is 1.11. The first-order valence-corrected chi connectivity index (χ1v) is 5.18. The Bertz CT molecular complexity index is 403. The molecule has 98 valence electrons. The first-order valence-electron chi connectivity index (χ1n) is 5.18. The van der Waals surface area contributed by atoms with E-state index >= 15 is 0 Å². The topological polar surface area (TPSA) is 75.4 Å². The van der Waals surface area contributed by atoms with Gasteiger partial charge in [-0.2, -0.15) is 18.2 Å². The van der Waals surface area contributed by atoms with Crippen molar-refractivity contribution < 1.29 is 27.0 Å². The molecule has 4 nitrogen and oxygen atoms in total. The van der Waals surface area contributed by atoms with Crippen LogP contribution in [0.15, 0.2) is 66.1 Å². The molecule has 0 saturated heterocycles. The van der Waals surface area contributed by atoms with Gasteiger partial charge < -0.3 is 10.8 Å². The van der Waals surface area contributed by atoms with E-state index in [2.05, 4.69) is 5.32 Å². The molecule has 0 unspecified atom stereocenters. The van der Waals surface area contributed by atoms with Crippen LogP contribution in [0.2, 0.25) is 0 Å². The first-order chi connectivity index (χ1) is 8.24. The van der Waals surface area contributed by atoms with Gasteiger partial charge in [-0.05, 0) is 12.2 Å². The summed E-state index contributed by atoms with van der Waals surface area (Å²) in [6.07, 6.45) is 6.90. The zero-order chi connectivity index (χ0) is 12.5. The number of aliphatic hydroxyl groups is 1. The van der Waals surface area contributed by atoms with Crippen LogP contribution in [0.4, 0.5) is 0 Å². The standard InChI is InChI=1S/C8H10N2O2.C5H5.Fe/c9-5-7(11)10-8(12)6-3-1-2-4-6;1-2-4-5-3-1;/h1-4,12H,5,9H2,(H,10,11);1-5H;/q;-1;. The van der Waals surface area contributed by atoms with Crippen molar-refractivity contribution in [2.24, 2.45) is 5.73 Å². The summed E-state index contributed by atoms with van der Waals surface area (Å²) in [6, 6.07) is 10.0.